The van der Waals surface area contributed by atoms with Crippen LogP contribution < -0.4 is 10.2 Å². The van der Waals surface area contributed by atoms with Gasteiger partial charge in [-0.25, -0.2) is 5.10 Å². The number of H-pyrrole nitrogens is 1. The van der Waals surface area contributed by atoms with Crippen molar-refractivity contribution in [2.45, 2.75) is 32.7 Å². The third-order valence-corrected chi connectivity index (χ3v) is 3.55. The molecule has 0 bridgehead atoms. The highest BCUT2D eigenvalue weighted by molar-refractivity contribution is 5.87. The molecular weight excluding hydrogens is 272 g/mol. The molecule has 0 spiro atoms. The maximum Gasteiger partial charge on any atom is 0.245 e. The summed E-state index contributed by atoms with van der Waals surface area (Å²) in [5, 5.41) is 9.40. The molecule has 1 aliphatic heterocycles. The molecule has 1 aliphatic rings. The maximum absolute atomic E-state index is 12.5. The molecule has 8 heteroatoms. The summed E-state index contributed by atoms with van der Waals surface area (Å²) in [4.78, 5) is 31.7. The Bertz CT molecular complexity index is 467. The number of amides is 2. The first-order chi connectivity index (χ1) is 10.1. The second kappa shape index (κ2) is 7.05. The zero-order valence-corrected chi connectivity index (χ0v) is 12.5. The number of aromatic amines is 1. The zero-order chi connectivity index (χ0) is 15.2. The first-order valence-electron chi connectivity index (χ1n) is 7.28. The number of nitrogens with one attached hydrogen (secondary N) is 2. The van der Waals surface area contributed by atoms with Crippen LogP contribution in [0.4, 0.5) is 5.95 Å². The minimum Gasteiger partial charge on any atom is -0.345 e. The highest BCUT2D eigenvalue weighted by Crippen LogP contribution is 2.11. The molecule has 2 amide bonds. The fourth-order valence-corrected chi connectivity index (χ4v) is 2.50. The van der Waals surface area contributed by atoms with Crippen LogP contribution in [0, 0.1) is 0 Å². The van der Waals surface area contributed by atoms with Gasteiger partial charge in [0, 0.05) is 33.1 Å². The molecule has 8 nitrogen and oxygen atoms in total. The van der Waals surface area contributed by atoms with Crippen molar-refractivity contribution in [1.29, 1.82) is 0 Å². The van der Waals surface area contributed by atoms with Crippen molar-refractivity contribution in [3.8, 4) is 0 Å². The lowest BCUT2D eigenvalue weighted by Gasteiger charge is -2.36. The molecule has 2 rings (SSSR count). The third kappa shape index (κ3) is 3.93. The second-order valence-electron chi connectivity index (χ2n) is 5.16. The predicted molar refractivity (Wildman–Crippen MR) is 77.7 cm³/mol. The average molecular weight is 294 g/mol. The predicted octanol–water partition coefficient (Wildman–Crippen LogP) is -0.242. The van der Waals surface area contributed by atoms with Crippen molar-refractivity contribution in [1.82, 2.24) is 25.4 Å². The zero-order valence-electron chi connectivity index (χ0n) is 12.5. The van der Waals surface area contributed by atoms with Crippen molar-refractivity contribution < 1.29 is 9.59 Å². The number of aromatic nitrogens is 3. The van der Waals surface area contributed by atoms with E-state index in [-0.39, 0.29) is 11.8 Å². The van der Waals surface area contributed by atoms with Gasteiger partial charge in [-0.2, -0.15) is 10.1 Å². The van der Waals surface area contributed by atoms with Crippen LogP contribution in [0.25, 0.3) is 0 Å². The summed E-state index contributed by atoms with van der Waals surface area (Å²) in [5.74, 6) is 0.570. The summed E-state index contributed by atoms with van der Waals surface area (Å²) >= 11 is 0. The number of nitrogens with zero attached hydrogens (tertiary/aromatic N) is 4. The molecule has 21 heavy (non-hydrogen) atoms. The summed E-state index contributed by atoms with van der Waals surface area (Å²) in [7, 11) is 0. The van der Waals surface area contributed by atoms with E-state index in [1.165, 1.54) is 13.3 Å². The Labute approximate surface area is 123 Å². The van der Waals surface area contributed by atoms with Gasteiger partial charge in [0.1, 0.15) is 12.4 Å². The molecule has 0 aromatic carbocycles. The van der Waals surface area contributed by atoms with Crippen LogP contribution >= 0.6 is 0 Å². The molecule has 0 aliphatic carbocycles. The van der Waals surface area contributed by atoms with Crippen molar-refractivity contribution >= 4 is 17.8 Å². The first kappa shape index (κ1) is 15.3. The Morgan fingerprint density at radius 3 is 2.62 bits per heavy atom. The fourth-order valence-electron chi connectivity index (χ4n) is 2.50. The molecule has 1 aromatic rings. The van der Waals surface area contributed by atoms with Crippen LogP contribution in [0.1, 0.15) is 26.7 Å². The Hall–Kier alpha value is -2.12. The van der Waals surface area contributed by atoms with Gasteiger partial charge in [-0.05, 0) is 6.42 Å². The monoisotopic (exact) mass is 294 g/mol. The maximum atomic E-state index is 12.5. The van der Waals surface area contributed by atoms with Gasteiger partial charge in [0.25, 0.3) is 0 Å². The van der Waals surface area contributed by atoms with E-state index >= 15 is 0 Å². The highest BCUT2D eigenvalue weighted by atomic mass is 16.2. The van der Waals surface area contributed by atoms with Crippen LogP contribution in [0.15, 0.2) is 6.33 Å². The lowest BCUT2D eigenvalue weighted by Crippen LogP contribution is -2.55. The Kier molecular flexibility index (Phi) is 5.13. The molecular formula is C13H22N6O2. The fraction of sp³-hybridized carbons (Fsp3) is 0.692. The highest BCUT2D eigenvalue weighted by Gasteiger charge is 2.28. The molecule has 1 saturated heterocycles. The molecule has 0 saturated carbocycles. The Balaban J connectivity index is 1.90. The number of hydrogen-bond donors (Lipinski definition) is 2. The van der Waals surface area contributed by atoms with Gasteiger partial charge in [-0.15, -0.1) is 0 Å². The van der Waals surface area contributed by atoms with Crippen LogP contribution in [-0.2, 0) is 9.59 Å². The SMILES string of the molecule is CCC[C@@H](NC(C)=O)C(=O)N1CCN(c2ncn[nH]2)CC1. The van der Waals surface area contributed by atoms with E-state index in [0.29, 0.717) is 32.6 Å². The third-order valence-electron chi connectivity index (χ3n) is 3.55. The van der Waals surface area contributed by atoms with Crippen LogP contribution in [0.3, 0.4) is 0 Å². The number of carbonyl (C=O) groups is 2. The van der Waals surface area contributed by atoms with Crippen LogP contribution in [-0.4, -0.2) is 64.1 Å². The van der Waals surface area contributed by atoms with E-state index in [0.717, 1.165) is 12.4 Å². The minimum absolute atomic E-state index is 0.00395. The van der Waals surface area contributed by atoms with Crippen molar-refractivity contribution in [3.05, 3.63) is 6.33 Å². The molecule has 1 fully saturated rings. The molecule has 116 valence electrons. The van der Waals surface area contributed by atoms with Gasteiger partial charge >= 0.3 is 0 Å². The van der Waals surface area contributed by atoms with Gasteiger partial charge in [0.15, 0.2) is 0 Å². The summed E-state index contributed by atoms with van der Waals surface area (Å²) in [6.07, 6.45) is 3.00. The standard InChI is InChI=1S/C13H22N6O2/c1-3-4-11(16-10(2)20)12(21)18-5-7-19(8-6-18)13-14-9-15-17-13/h9,11H,3-8H2,1-2H3,(H,16,20)(H,14,15,17)/t11-/m1/s1. The van der Waals surface area contributed by atoms with E-state index in [2.05, 4.69) is 25.4 Å². The minimum atomic E-state index is -0.413. The Morgan fingerprint density at radius 1 is 1.38 bits per heavy atom. The molecule has 2 N–H and O–H groups in total. The van der Waals surface area contributed by atoms with E-state index in [1.54, 1.807) is 0 Å². The van der Waals surface area contributed by atoms with E-state index in [1.807, 2.05) is 11.8 Å². The normalized spacial score (nSPS) is 16.7. The molecule has 2 heterocycles. The number of hydrogen-bond acceptors (Lipinski definition) is 5. The number of carbonyl (C=O) groups excluding carboxylic acids is 2. The smallest absolute Gasteiger partial charge is 0.245 e. The first-order valence-corrected chi connectivity index (χ1v) is 7.28. The summed E-state index contributed by atoms with van der Waals surface area (Å²) in [6.45, 7) is 6.11. The summed E-state index contributed by atoms with van der Waals surface area (Å²) < 4.78 is 0. The summed E-state index contributed by atoms with van der Waals surface area (Å²) in [5.41, 5.74) is 0. The van der Waals surface area contributed by atoms with E-state index in [4.69, 9.17) is 0 Å². The number of anilines is 1. The lowest BCUT2D eigenvalue weighted by molar-refractivity contribution is -0.136. The molecule has 0 radical (unpaired) electrons. The van der Waals surface area contributed by atoms with Gasteiger partial charge < -0.3 is 15.1 Å². The lowest BCUT2D eigenvalue weighted by atomic mass is 10.1. The topological polar surface area (TPSA) is 94.2 Å². The second-order valence-corrected chi connectivity index (χ2v) is 5.16. The average Bonchev–Trinajstić information content (AvgIpc) is 3.00. The van der Waals surface area contributed by atoms with Crippen molar-refractivity contribution in [2.24, 2.45) is 0 Å². The van der Waals surface area contributed by atoms with Crippen LogP contribution in [0.5, 0.6) is 0 Å². The van der Waals surface area contributed by atoms with Gasteiger partial charge in [0.2, 0.25) is 17.8 Å². The quantitative estimate of drug-likeness (QED) is 0.781. The Morgan fingerprint density at radius 2 is 2.10 bits per heavy atom. The number of piperazine rings is 1. The van der Waals surface area contributed by atoms with Crippen LogP contribution in [0.2, 0.25) is 0 Å². The van der Waals surface area contributed by atoms with E-state index < -0.39 is 6.04 Å². The number of rotatable bonds is 5. The summed E-state index contributed by atoms with van der Waals surface area (Å²) in [6, 6.07) is -0.413. The van der Waals surface area contributed by atoms with Gasteiger partial charge in [-0.3, -0.25) is 9.59 Å². The largest absolute Gasteiger partial charge is 0.345 e. The van der Waals surface area contributed by atoms with Gasteiger partial charge in [-0.1, -0.05) is 13.3 Å². The van der Waals surface area contributed by atoms with Gasteiger partial charge in [0.05, 0.1) is 0 Å². The van der Waals surface area contributed by atoms with E-state index in [9.17, 15) is 9.59 Å². The van der Waals surface area contributed by atoms with Crippen molar-refractivity contribution in [3.63, 3.8) is 0 Å². The molecule has 1 atom stereocenters. The molecule has 0 unspecified atom stereocenters. The molecule has 1 aromatic heterocycles. The van der Waals surface area contributed by atoms with Crippen molar-refractivity contribution in [2.75, 3.05) is 31.1 Å².